The van der Waals surface area contributed by atoms with Gasteiger partial charge in [-0.1, -0.05) is 26.0 Å². The van der Waals surface area contributed by atoms with Crippen LogP contribution in [0.5, 0.6) is 0 Å². The summed E-state index contributed by atoms with van der Waals surface area (Å²) in [4.78, 5) is 6.39. The first-order chi connectivity index (χ1) is 9.47. The third kappa shape index (κ3) is 7.09. The highest BCUT2D eigenvalue weighted by Gasteiger charge is 2.01. The number of guanidine groups is 1. The van der Waals surface area contributed by atoms with Crippen LogP contribution in [-0.4, -0.2) is 37.5 Å². The lowest BCUT2D eigenvalue weighted by atomic mass is 10.2. The van der Waals surface area contributed by atoms with Gasteiger partial charge < -0.3 is 16.0 Å². The number of benzene rings is 1. The third-order valence-electron chi connectivity index (χ3n) is 2.79. The topological polar surface area (TPSA) is 53.6 Å². The van der Waals surface area contributed by atoms with Crippen molar-refractivity contribution in [3.63, 3.8) is 0 Å². The number of hydrogen-bond donors (Lipinski definition) is 2. The first-order valence-electron chi connectivity index (χ1n) is 6.94. The van der Waals surface area contributed by atoms with Gasteiger partial charge in [0.15, 0.2) is 5.96 Å². The van der Waals surface area contributed by atoms with E-state index in [9.17, 15) is 4.39 Å². The van der Waals surface area contributed by atoms with Crippen LogP contribution in [0.15, 0.2) is 29.3 Å². The maximum absolute atomic E-state index is 12.8. The molecular weight excluding hydrogens is 255 g/mol. The molecule has 0 aromatic heterocycles. The van der Waals surface area contributed by atoms with Crippen LogP contribution < -0.4 is 11.1 Å². The molecule has 1 aromatic carbocycles. The molecule has 20 heavy (non-hydrogen) atoms. The van der Waals surface area contributed by atoms with Crippen molar-refractivity contribution in [2.45, 2.75) is 20.4 Å². The van der Waals surface area contributed by atoms with Gasteiger partial charge in [-0.3, -0.25) is 4.99 Å². The van der Waals surface area contributed by atoms with E-state index in [1.807, 2.05) is 7.05 Å². The van der Waals surface area contributed by atoms with E-state index in [0.717, 1.165) is 31.7 Å². The second-order valence-electron chi connectivity index (χ2n) is 5.41. The zero-order chi connectivity index (χ0) is 15.0. The van der Waals surface area contributed by atoms with E-state index in [-0.39, 0.29) is 5.82 Å². The number of nitrogens with two attached hydrogens (primary N) is 1. The molecule has 0 aliphatic carbocycles. The predicted octanol–water partition coefficient (Wildman–Crippen LogP) is 1.82. The van der Waals surface area contributed by atoms with Crippen molar-refractivity contribution < 1.29 is 4.39 Å². The van der Waals surface area contributed by atoms with E-state index < -0.39 is 0 Å². The molecule has 4 nitrogen and oxygen atoms in total. The van der Waals surface area contributed by atoms with Crippen molar-refractivity contribution in [1.82, 2.24) is 10.2 Å². The highest BCUT2D eigenvalue weighted by molar-refractivity contribution is 5.77. The molecule has 0 fully saturated rings. The number of nitrogens with one attached hydrogen (secondary N) is 1. The number of nitrogens with zero attached hydrogens (tertiary/aromatic N) is 2. The fourth-order valence-corrected chi connectivity index (χ4v) is 1.69. The number of likely N-dealkylation sites (N-methyl/N-ethyl adjacent to an activating group) is 1. The molecule has 0 unspecified atom stereocenters. The van der Waals surface area contributed by atoms with Crippen LogP contribution in [0.4, 0.5) is 4.39 Å². The fraction of sp³-hybridized carbons (Fsp3) is 0.533. The number of rotatable bonds is 7. The molecule has 0 atom stereocenters. The van der Waals surface area contributed by atoms with Gasteiger partial charge in [0.1, 0.15) is 5.82 Å². The Morgan fingerprint density at radius 3 is 2.60 bits per heavy atom. The van der Waals surface area contributed by atoms with Gasteiger partial charge in [-0.2, -0.15) is 0 Å². The Bertz CT molecular complexity index is 414. The summed E-state index contributed by atoms with van der Waals surface area (Å²) < 4.78 is 12.8. The summed E-state index contributed by atoms with van der Waals surface area (Å²) in [6.07, 6.45) is 0. The summed E-state index contributed by atoms with van der Waals surface area (Å²) in [5.41, 5.74) is 6.85. The highest BCUT2D eigenvalue weighted by Crippen LogP contribution is 2.04. The van der Waals surface area contributed by atoms with E-state index in [1.165, 1.54) is 12.1 Å². The van der Waals surface area contributed by atoms with Crippen LogP contribution in [0.3, 0.4) is 0 Å². The summed E-state index contributed by atoms with van der Waals surface area (Å²) in [7, 11) is 2.02. The lowest BCUT2D eigenvalue weighted by Crippen LogP contribution is -2.37. The van der Waals surface area contributed by atoms with Crippen molar-refractivity contribution in [1.29, 1.82) is 0 Å². The van der Waals surface area contributed by atoms with Gasteiger partial charge in [0.2, 0.25) is 0 Å². The van der Waals surface area contributed by atoms with Crippen molar-refractivity contribution >= 4 is 5.96 Å². The Hall–Kier alpha value is -1.62. The largest absolute Gasteiger partial charge is 0.370 e. The van der Waals surface area contributed by atoms with Gasteiger partial charge in [-0.15, -0.1) is 0 Å². The van der Waals surface area contributed by atoms with Crippen LogP contribution in [0.1, 0.15) is 19.4 Å². The third-order valence-corrected chi connectivity index (χ3v) is 2.79. The molecular formula is C15H25FN4. The molecule has 0 saturated heterocycles. The molecule has 0 bridgehead atoms. The van der Waals surface area contributed by atoms with E-state index in [4.69, 9.17) is 5.73 Å². The minimum atomic E-state index is -0.202. The maximum atomic E-state index is 12.8. The maximum Gasteiger partial charge on any atom is 0.188 e. The standard InChI is InChI=1S/C15H25FN4/c1-12(2)10-19-15(17)18-8-9-20(3)11-13-4-6-14(16)7-5-13/h4-7,12H,8-11H2,1-3H3,(H3,17,18,19). The average Bonchev–Trinajstić information content (AvgIpc) is 2.39. The number of aliphatic imine (C=N–C) groups is 1. The van der Waals surface area contributed by atoms with Crippen LogP contribution in [-0.2, 0) is 6.54 Å². The van der Waals surface area contributed by atoms with Crippen LogP contribution in [0, 0.1) is 11.7 Å². The Morgan fingerprint density at radius 1 is 1.35 bits per heavy atom. The van der Waals surface area contributed by atoms with Crippen LogP contribution in [0.2, 0.25) is 0 Å². The summed E-state index contributed by atoms with van der Waals surface area (Å²) in [5.74, 6) is 0.803. The molecule has 0 aliphatic heterocycles. The van der Waals surface area contributed by atoms with Gasteiger partial charge in [0.05, 0.1) is 0 Å². The predicted molar refractivity (Wildman–Crippen MR) is 82.1 cm³/mol. The number of hydrogen-bond acceptors (Lipinski definition) is 2. The van der Waals surface area contributed by atoms with E-state index >= 15 is 0 Å². The smallest absolute Gasteiger partial charge is 0.188 e. The van der Waals surface area contributed by atoms with Crippen LogP contribution >= 0.6 is 0 Å². The highest BCUT2D eigenvalue weighted by atomic mass is 19.1. The minimum absolute atomic E-state index is 0.202. The lowest BCUT2D eigenvalue weighted by molar-refractivity contribution is 0.331. The van der Waals surface area contributed by atoms with E-state index in [2.05, 4.69) is 29.1 Å². The van der Waals surface area contributed by atoms with Crippen molar-refractivity contribution in [3.8, 4) is 0 Å². The zero-order valence-electron chi connectivity index (χ0n) is 12.6. The fourth-order valence-electron chi connectivity index (χ4n) is 1.69. The summed E-state index contributed by atoms with van der Waals surface area (Å²) in [5, 5.41) is 3.09. The first-order valence-corrected chi connectivity index (χ1v) is 6.94. The van der Waals surface area contributed by atoms with E-state index in [1.54, 1.807) is 12.1 Å². The molecule has 0 spiro atoms. The second-order valence-corrected chi connectivity index (χ2v) is 5.41. The molecule has 112 valence electrons. The van der Waals surface area contributed by atoms with Crippen molar-refractivity contribution in [2.75, 3.05) is 26.7 Å². The normalized spacial score (nSPS) is 12.2. The van der Waals surface area contributed by atoms with Crippen molar-refractivity contribution in [2.24, 2.45) is 16.6 Å². The quantitative estimate of drug-likeness (QED) is 0.592. The SMILES string of the molecule is CC(C)CN=C(N)NCCN(C)Cc1ccc(F)cc1. The van der Waals surface area contributed by atoms with E-state index in [0.29, 0.717) is 11.9 Å². The molecule has 0 aliphatic rings. The van der Waals surface area contributed by atoms with Gasteiger partial charge in [-0.05, 0) is 30.7 Å². The molecule has 0 radical (unpaired) electrons. The van der Waals surface area contributed by atoms with Crippen LogP contribution in [0.25, 0.3) is 0 Å². The molecule has 1 aromatic rings. The molecule has 3 N–H and O–H groups in total. The zero-order valence-corrected chi connectivity index (χ0v) is 12.6. The van der Waals surface area contributed by atoms with Gasteiger partial charge in [0, 0.05) is 26.2 Å². The molecule has 0 amide bonds. The summed E-state index contributed by atoms with van der Waals surface area (Å²) in [6, 6.07) is 6.57. The summed E-state index contributed by atoms with van der Waals surface area (Å²) in [6.45, 7) is 7.32. The Morgan fingerprint density at radius 2 is 2.00 bits per heavy atom. The van der Waals surface area contributed by atoms with Gasteiger partial charge in [0.25, 0.3) is 0 Å². The molecule has 1 rings (SSSR count). The van der Waals surface area contributed by atoms with Gasteiger partial charge in [-0.25, -0.2) is 4.39 Å². The minimum Gasteiger partial charge on any atom is -0.370 e. The van der Waals surface area contributed by atoms with Gasteiger partial charge >= 0.3 is 0 Å². The molecule has 5 heteroatoms. The lowest BCUT2D eigenvalue weighted by Gasteiger charge is -2.17. The second kappa shape index (κ2) is 8.53. The number of halogens is 1. The monoisotopic (exact) mass is 280 g/mol. The first kappa shape index (κ1) is 16.4. The Balaban J connectivity index is 2.24. The Kier molecular flexibility index (Phi) is 7.01. The summed E-state index contributed by atoms with van der Waals surface area (Å²) >= 11 is 0. The molecule has 0 saturated carbocycles. The average molecular weight is 280 g/mol. The van der Waals surface area contributed by atoms with Crippen molar-refractivity contribution in [3.05, 3.63) is 35.6 Å². The Labute approximate surface area is 120 Å². The molecule has 0 heterocycles.